The number of carbonyl (C=O) groups is 1. The third-order valence-corrected chi connectivity index (χ3v) is 8.67. The monoisotopic (exact) mass is 580 g/mol. The van der Waals surface area contributed by atoms with Gasteiger partial charge in [-0.15, -0.1) is 0 Å². The molecule has 3 aromatic carbocycles. The Balaban J connectivity index is 1.39. The number of hydrogen-bond acceptors (Lipinski definition) is 8. The second-order valence-electron chi connectivity index (χ2n) is 10.4. The Bertz CT molecular complexity index is 1690. The van der Waals surface area contributed by atoms with E-state index in [-0.39, 0.29) is 23.4 Å². The van der Waals surface area contributed by atoms with Crippen LogP contribution in [0, 0.1) is 11.7 Å². The molecule has 41 heavy (non-hydrogen) atoms. The molecule has 11 heteroatoms. The number of rotatable bonds is 9. The number of anilines is 1. The fourth-order valence-corrected chi connectivity index (χ4v) is 6.10. The molecule has 2 aliphatic rings. The Hall–Kier alpha value is -4.09. The maximum atomic E-state index is 13.2. The summed E-state index contributed by atoms with van der Waals surface area (Å²) in [6, 6.07) is 16.4. The molecule has 1 saturated carbocycles. The minimum absolute atomic E-state index is 0.150. The number of sulfone groups is 1. The lowest BCUT2D eigenvalue weighted by Crippen LogP contribution is -2.46. The molecule has 1 atom stereocenters. The summed E-state index contributed by atoms with van der Waals surface area (Å²) in [5.74, 6) is 1.36. The van der Waals surface area contributed by atoms with E-state index >= 15 is 0 Å². The maximum absolute atomic E-state index is 13.2. The zero-order valence-electron chi connectivity index (χ0n) is 22.5. The second kappa shape index (κ2) is 10.7. The van der Waals surface area contributed by atoms with Gasteiger partial charge in [0.2, 0.25) is 0 Å². The third kappa shape index (κ3) is 5.73. The number of amides is 1. The second-order valence-corrected chi connectivity index (χ2v) is 12.5. The minimum atomic E-state index is -3.42. The Morgan fingerprint density at radius 3 is 2.24 bits per heavy atom. The molecular formula is C30H29FN2O7S. The number of nitrogens with one attached hydrogen (secondary N) is 2. The van der Waals surface area contributed by atoms with Gasteiger partial charge in [-0.2, -0.15) is 0 Å². The van der Waals surface area contributed by atoms with Gasteiger partial charge in [0.05, 0.1) is 18.6 Å². The molecule has 0 bridgehead atoms. The average Bonchev–Trinajstić information content (AvgIpc) is 3.71. The summed E-state index contributed by atoms with van der Waals surface area (Å²) in [6.07, 6.45) is 2.52. The van der Waals surface area contributed by atoms with Crippen molar-refractivity contribution in [1.82, 2.24) is 5.32 Å². The smallest absolute Gasteiger partial charge is 0.412 e. The summed E-state index contributed by atoms with van der Waals surface area (Å²) in [5, 5.41) is 5.55. The van der Waals surface area contributed by atoms with Crippen molar-refractivity contribution in [1.29, 1.82) is 0 Å². The predicted octanol–water partition coefficient (Wildman–Crippen LogP) is 6.06. The van der Waals surface area contributed by atoms with Gasteiger partial charge in [0.1, 0.15) is 28.3 Å². The van der Waals surface area contributed by atoms with Gasteiger partial charge in [0.25, 0.3) is 0 Å². The highest BCUT2D eigenvalue weighted by molar-refractivity contribution is 7.91. The van der Waals surface area contributed by atoms with Gasteiger partial charge in [-0.3, -0.25) is 0 Å². The van der Waals surface area contributed by atoms with E-state index in [1.807, 2.05) is 6.07 Å². The molecule has 9 nitrogen and oxygen atoms in total. The first kappa shape index (κ1) is 27.1. The first-order valence-electron chi connectivity index (χ1n) is 13.3. The summed E-state index contributed by atoms with van der Waals surface area (Å²) >= 11 is 0. The molecule has 0 radical (unpaired) electrons. The molecule has 1 aliphatic heterocycles. The molecule has 214 valence electrons. The van der Waals surface area contributed by atoms with Crippen LogP contribution in [0.2, 0.25) is 0 Å². The van der Waals surface area contributed by atoms with Gasteiger partial charge < -0.3 is 29.3 Å². The molecule has 2 heterocycles. The SMILES string of the molecule is CNC(=O)Oc1c(-c2ccc(Oc3ccc(F)cc3)cc2)oc2cc(NC(C3COC3)S(C)(=O)=O)c(C3CC3)cc12. The molecule has 4 aromatic rings. The molecule has 1 aliphatic carbocycles. The van der Waals surface area contributed by atoms with Crippen molar-refractivity contribution < 1.29 is 36.2 Å². The first-order valence-corrected chi connectivity index (χ1v) is 15.2. The molecule has 1 aromatic heterocycles. The number of fused-ring (bicyclic) bond motifs is 1. The van der Waals surface area contributed by atoms with E-state index in [1.165, 1.54) is 37.6 Å². The topological polar surface area (TPSA) is 116 Å². The van der Waals surface area contributed by atoms with Gasteiger partial charge in [-0.25, -0.2) is 17.6 Å². The summed E-state index contributed by atoms with van der Waals surface area (Å²) in [6.45, 7) is 0.753. The summed E-state index contributed by atoms with van der Waals surface area (Å²) in [4.78, 5) is 12.3. The number of hydrogen-bond donors (Lipinski definition) is 2. The van der Waals surface area contributed by atoms with Crippen molar-refractivity contribution in [2.45, 2.75) is 24.1 Å². The third-order valence-electron chi connectivity index (χ3n) is 7.25. The Labute approximate surface area is 236 Å². The van der Waals surface area contributed by atoms with Crippen LogP contribution in [0.15, 0.2) is 65.1 Å². The highest BCUT2D eigenvalue weighted by Crippen LogP contribution is 2.49. The maximum Gasteiger partial charge on any atom is 0.412 e. The lowest BCUT2D eigenvalue weighted by Gasteiger charge is -2.34. The molecule has 2 N–H and O–H groups in total. The fraction of sp³-hybridized carbons (Fsp3) is 0.300. The summed E-state index contributed by atoms with van der Waals surface area (Å²) in [7, 11) is -1.95. The predicted molar refractivity (Wildman–Crippen MR) is 152 cm³/mol. The molecule has 6 rings (SSSR count). The van der Waals surface area contributed by atoms with Crippen molar-refractivity contribution in [2.75, 3.05) is 31.8 Å². The normalized spacial score (nSPS) is 16.2. The molecule has 2 fully saturated rings. The first-order chi connectivity index (χ1) is 19.7. The van der Waals surface area contributed by atoms with E-state index < -0.39 is 21.3 Å². The van der Waals surface area contributed by atoms with Crippen LogP contribution in [0.25, 0.3) is 22.3 Å². The fourth-order valence-electron chi connectivity index (χ4n) is 4.90. The molecule has 1 unspecified atom stereocenters. The highest BCUT2D eigenvalue weighted by atomic mass is 32.2. The van der Waals surface area contributed by atoms with Gasteiger partial charge in [0.15, 0.2) is 21.3 Å². The van der Waals surface area contributed by atoms with Gasteiger partial charge in [-0.1, -0.05) is 0 Å². The van der Waals surface area contributed by atoms with Gasteiger partial charge in [0, 0.05) is 36.5 Å². The van der Waals surface area contributed by atoms with Crippen molar-refractivity contribution in [3.8, 4) is 28.6 Å². The number of carbonyl (C=O) groups excluding carboxylic acids is 1. The van der Waals surface area contributed by atoms with Crippen molar-refractivity contribution in [3.05, 3.63) is 72.0 Å². The Morgan fingerprint density at radius 2 is 1.68 bits per heavy atom. The number of furan rings is 1. The van der Waals surface area contributed by atoms with E-state index in [0.29, 0.717) is 52.7 Å². The quantitative estimate of drug-likeness (QED) is 0.246. The lowest BCUT2D eigenvalue weighted by molar-refractivity contribution is -0.0303. The van der Waals surface area contributed by atoms with Gasteiger partial charge in [-0.05, 0) is 78.9 Å². The van der Waals surface area contributed by atoms with Crippen LogP contribution >= 0.6 is 0 Å². The van der Waals surface area contributed by atoms with Crippen LogP contribution in [0.3, 0.4) is 0 Å². The summed E-state index contributed by atoms with van der Waals surface area (Å²) in [5.41, 5.74) is 2.70. The lowest BCUT2D eigenvalue weighted by atomic mass is 10.0. The van der Waals surface area contributed by atoms with Crippen LogP contribution in [-0.4, -0.2) is 46.4 Å². The Kier molecular flexibility index (Phi) is 7.08. The molecule has 1 saturated heterocycles. The standard InChI is InChI=1S/C30H29FN2O7S/c1-32-30(34)40-28-24-13-23(17-3-4-17)25(33-29(41(2,35)36)19-15-37-16-19)14-26(24)39-27(28)18-5-9-21(10-6-18)38-22-11-7-20(31)8-12-22/h5-14,17,19,29,33H,3-4,15-16H2,1-2H3,(H,32,34). The van der Waals surface area contributed by atoms with E-state index in [1.54, 1.807) is 30.3 Å². The minimum Gasteiger partial charge on any atom is -0.457 e. The van der Waals surface area contributed by atoms with Crippen molar-refractivity contribution in [2.24, 2.45) is 5.92 Å². The molecular weight excluding hydrogens is 551 g/mol. The number of benzene rings is 3. The van der Waals surface area contributed by atoms with Crippen LogP contribution in [0.1, 0.15) is 24.3 Å². The van der Waals surface area contributed by atoms with Crippen molar-refractivity contribution in [3.63, 3.8) is 0 Å². The summed E-state index contributed by atoms with van der Waals surface area (Å²) < 4.78 is 61.6. The van der Waals surface area contributed by atoms with Crippen LogP contribution < -0.4 is 20.1 Å². The van der Waals surface area contributed by atoms with Crippen molar-refractivity contribution >= 4 is 32.6 Å². The molecule has 1 amide bonds. The van der Waals surface area contributed by atoms with E-state index in [0.717, 1.165) is 18.4 Å². The van der Waals surface area contributed by atoms with E-state index in [9.17, 15) is 17.6 Å². The van der Waals surface area contributed by atoms with Crippen LogP contribution in [-0.2, 0) is 14.6 Å². The molecule has 0 spiro atoms. The van der Waals surface area contributed by atoms with Crippen LogP contribution in [0.5, 0.6) is 17.2 Å². The zero-order valence-corrected chi connectivity index (χ0v) is 23.3. The van der Waals surface area contributed by atoms with E-state index in [4.69, 9.17) is 18.6 Å². The number of halogens is 1. The van der Waals surface area contributed by atoms with Gasteiger partial charge >= 0.3 is 6.09 Å². The van der Waals surface area contributed by atoms with Crippen LogP contribution in [0.4, 0.5) is 14.9 Å². The zero-order chi connectivity index (χ0) is 28.7. The highest BCUT2D eigenvalue weighted by Gasteiger charge is 2.37. The van der Waals surface area contributed by atoms with E-state index in [2.05, 4.69) is 10.6 Å². The average molecular weight is 581 g/mol. The largest absolute Gasteiger partial charge is 0.457 e. The number of ether oxygens (including phenoxy) is 3. The Morgan fingerprint density at radius 1 is 1.02 bits per heavy atom.